The molecule has 0 saturated carbocycles. The van der Waals surface area contributed by atoms with E-state index in [-0.39, 0.29) is 22.8 Å². The third-order valence-corrected chi connectivity index (χ3v) is 9.70. The number of hydrogen-bond donors (Lipinski definition) is 1. The highest BCUT2D eigenvalue weighted by Crippen LogP contribution is 2.40. The first-order valence-electron chi connectivity index (χ1n) is 14.5. The lowest BCUT2D eigenvalue weighted by Gasteiger charge is -2.36. The lowest BCUT2D eigenvalue weighted by molar-refractivity contribution is -0.127. The van der Waals surface area contributed by atoms with Crippen LogP contribution in [0.3, 0.4) is 0 Å². The van der Waals surface area contributed by atoms with Crippen LogP contribution in [0.1, 0.15) is 62.3 Å². The number of nitrogens with zero attached hydrogens (tertiary/aromatic N) is 2. The van der Waals surface area contributed by atoms with E-state index in [0.717, 1.165) is 36.3 Å². The zero-order chi connectivity index (χ0) is 29.2. The van der Waals surface area contributed by atoms with Gasteiger partial charge in [0.15, 0.2) is 6.10 Å². The average molecular weight is 576 g/mol. The SMILES string of the molecule is Cc1ccc(S(=O)(=O)N2C[C@H](C(=O)NCc3cccc(CN4CCCCC4)c3)Oc3ccc(C(C)(C)C)cc32)cc1. The highest BCUT2D eigenvalue weighted by atomic mass is 32.2. The molecule has 2 heterocycles. The molecule has 0 bridgehead atoms. The van der Waals surface area contributed by atoms with Crippen molar-refractivity contribution in [3.05, 3.63) is 89.0 Å². The van der Waals surface area contributed by atoms with Crippen LogP contribution < -0.4 is 14.4 Å². The first kappa shape index (κ1) is 29.1. The molecule has 1 atom stereocenters. The monoisotopic (exact) mass is 575 g/mol. The second kappa shape index (κ2) is 11.9. The summed E-state index contributed by atoms with van der Waals surface area (Å²) < 4.78 is 35.3. The Bertz CT molecular complexity index is 1490. The van der Waals surface area contributed by atoms with Crippen molar-refractivity contribution >= 4 is 21.6 Å². The van der Waals surface area contributed by atoms with Crippen molar-refractivity contribution in [1.82, 2.24) is 10.2 Å². The van der Waals surface area contributed by atoms with Crippen LogP contribution in [0.4, 0.5) is 5.69 Å². The number of nitrogens with one attached hydrogen (secondary N) is 1. The fourth-order valence-electron chi connectivity index (χ4n) is 5.44. The molecule has 1 N–H and O–H groups in total. The van der Waals surface area contributed by atoms with E-state index in [1.165, 1.54) is 29.1 Å². The Balaban J connectivity index is 1.36. The summed E-state index contributed by atoms with van der Waals surface area (Å²) in [4.78, 5) is 16.1. The summed E-state index contributed by atoms with van der Waals surface area (Å²) in [6.45, 7) is 11.5. The largest absolute Gasteiger partial charge is 0.476 e. The van der Waals surface area contributed by atoms with Gasteiger partial charge in [-0.25, -0.2) is 8.42 Å². The predicted molar refractivity (Wildman–Crippen MR) is 163 cm³/mol. The molecule has 1 fully saturated rings. The van der Waals surface area contributed by atoms with Gasteiger partial charge in [0.2, 0.25) is 0 Å². The maximum Gasteiger partial charge on any atom is 0.264 e. The van der Waals surface area contributed by atoms with Gasteiger partial charge in [0.05, 0.1) is 17.1 Å². The highest BCUT2D eigenvalue weighted by Gasteiger charge is 2.38. The van der Waals surface area contributed by atoms with Gasteiger partial charge < -0.3 is 10.1 Å². The number of fused-ring (bicyclic) bond motifs is 1. The number of benzene rings is 3. The van der Waals surface area contributed by atoms with E-state index >= 15 is 0 Å². The lowest BCUT2D eigenvalue weighted by Crippen LogP contribution is -2.50. The van der Waals surface area contributed by atoms with E-state index in [4.69, 9.17) is 4.74 Å². The van der Waals surface area contributed by atoms with Crippen LogP contribution in [0.15, 0.2) is 71.6 Å². The van der Waals surface area contributed by atoms with E-state index < -0.39 is 16.1 Å². The Labute approximate surface area is 244 Å². The molecule has 0 aliphatic carbocycles. The molecule has 3 aromatic carbocycles. The van der Waals surface area contributed by atoms with Crippen LogP contribution in [0.5, 0.6) is 5.75 Å². The maximum absolute atomic E-state index is 13.9. The molecule has 41 heavy (non-hydrogen) atoms. The van der Waals surface area contributed by atoms with Crippen molar-refractivity contribution in [2.45, 2.75) is 76.5 Å². The standard InChI is InChI=1S/C33H41N3O4S/c1-24-11-14-28(15-12-24)41(38,39)36-23-31(40-30-16-13-27(20-29(30)36)33(2,3)4)32(37)34-21-25-9-8-10-26(19-25)22-35-17-6-5-7-18-35/h8-16,19-20,31H,5-7,17-18,21-23H2,1-4H3,(H,34,37)/t31-/m1/s1. The number of anilines is 1. The molecule has 0 spiro atoms. The van der Waals surface area contributed by atoms with Gasteiger partial charge in [0, 0.05) is 13.1 Å². The minimum atomic E-state index is -3.94. The van der Waals surface area contributed by atoms with Crippen molar-refractivity contribution in [2.75, 3.05) is 23.9 Å². The van der Waals surface area contributed by atoms with Gasteiger partial charge in [-0.1, -0.05) is 75.2 Å². The number of sulfonamides is 1. The van der Waals surface area contributed by atoms with Crippen LogP contribution in [0.25, 0.3) is 0 Å². The number of aryl methyl sites for hydroxylation is 1. The van der Waals surface area contributed by atoms with Gasteiger partial charge in [-0.05, 0) is 79.2 Å². The Kier molecular flexibility index (Phi) is 8.43. The third kappa shape index (κ3) is 6.76. The molecule has 0 unspecified atom stereocenters. The van der Waals surface area contributed by atoms with Gasteiger partial charge >= 0.3 is 0 Å². The van der Waals surface area contributed by atoms with E-state index in [1.54, 1.807) is 30.3 Å². The van der Waals surface area contributed by atoms with Gasteiger partial charge in [-0.2, -0.15) is 0 Å². The zero-order valence-corrected chi connectivity index (χ0v) is 25.3. The van der Waals surface area contributed by atoms with Crippen molar-refractivity contribution in [3.63, 3.8) is 0 Å². The number of piperidine rings is 1. The van der Waals surface area contributed by atoms with Gasteiger partial charge in [0.1, 0.15) is 5.75 Å². The number of carbonyl (C=O) groups excluding carboxylic acids is 1. The Morgan fingerprint density at radius 2 is 1.66 bits per heavy atom. The first-order chi connectivity index (χ1) is 19.5. The Morgan fingerprint density at radius 3 is 2.37 bits per heavy atom. The van der Waals surface area contributed by atoms with E-state index in [0.29, 0.717) is 18.0 Å². The normalized spacial score (nSPS) is 18.0. The van der Waals surface area contributed by atoms with E-state index in [9.17, 15) is 13.2 Å². The molecule has 8 heteroatoms. The van der Waals surface area contributed by atoms with Crippen molar-refractivity contribution in [1.29, 1.82) is 0 Å². The van der Waals surface area contributed by atoms with Crippen LogP contribution in [0.2, 0.25) is 0 Å². The summed E-state index contributed by atoms with van der Waals surface area (Å²) in [5.74, 6) is 0.0321. The van der Waals surface area contributed by atoms with Crippen LogP contribution >= 0.6 is 0 Å². The van der Waals surface area contributed by atoms with E-state index in [2.05, 4.69) is 43.1 Å². The first-order valence-corrected chi connectivity index (χ1v) is 15.9. The summed E-state index contributed by atoms with van der Waals surface area (Å²) in [5.41, 5.74) is 4.45. The van der Waals surface area contributed by atoms with Gasteiger partial charge in [-0.3, -0.25) is 14.0 Å². The summed E-state index contributed by atoms with van der Waals surface area (Å²) >= 11 is 0. The molecular weight excluding hydrogens is 534 g/mol. The molecule has 2 aliphatic rings. The maximum atomic E-state index is 13.9. The predicted octanol–water partition coefficient (Wildman–Crippen LogP) is 5.55. The van der Waals surface area contributed by atoms with Crippen molar-refractivity contribution in [3.8, 4) is 5.75 Å². The molecule has 218 valence electrons. The van der Waals surface area contributed by atoms with Gasteiger partial charge in [-0.15, -0.1) is 0 Å². The van der Waals surface area contributed by atoms with Crippen molar-refractivity contribution in [2.24, 2.45) is 0 Å². The van der Waals surface area contributed by atoms with Gasteiger partial charge in [0.25, 0.3) is 15.9 Å². The molecular formula is C33H41N3O4S. The summed E-state index contributed by atoms with van der Waals surface area (Å²) in [7, 11) is -3.94. The number of likely N-dealkylation sites (tertiary alicyclic amines) is 1. The quantitative estimate of drug-likeness (QED) is 0.400. The Hall–Kier alpha value is -3.36. The molecule has 5 rings (SSSR count). The second-order valence-electron chi connectivity index (χ2n) is 12.3. The number of amides is 1. The minimum Gasteiger partial charge on any atom is -0.476 e. The van der Waals surface area contributed by atoms with Crippen LogP contribution in [0, 0.1) is 6.92 Å². The number of rotatable bonds is 7. The lowest BCUT2D eigenvalue weighted by atomic mass is 9.86. The summed E-state index contributed by atoms with van der Waals surface area (Å²) in [6.07, 6.45) is 2.81. The fraction of sp³-hybridized carbons (Fsp3) is 0.424. The molecule has 0 aromatic heterocycles. The molecule has 2 aliphatic heterocycles. The molecule has 7 nitrogen and oxygen atoms in total. The molecule has 0 radical (unpaired) electrons. The average Bonchev–Trinajstić information content (AvgIpc) is 2.95. The van der Waals surface area contributed by atoms with Crippen molar-refractivity contribution < 1.29 is 17.9 Å². The summed E-state index contributed by atoms with van der Waals surface area (Å²) in [6, 6.07) is 20.6. The summed E-state index contributed by atoms with van der Waals surface area (Å²) in [5, 5.41) is 2.99. The fourth-order valence-corrected chi connectivity index (χ4v) is 6.90. The van der Waals surface area contributed by atoms with Crippen LogP contribution in [-0.2, 0) is 33.3 Å². The molecule has 1 amide bonds. The molecule has 1 saturated heterocycles. The van der Waals surface area contributed by atoms with Crippen LogP contribution in [-0.4, -0.2) is 45.0 Å². The minimum absolute atomic E-state index is 0.113. The number of ether oxygens (including phenoxy) is 1. The van der Waals surface area contributed by atoms with E-state index in [1.807, 2.05) is 31.2 Å². The number of hydrogen-bond acceptors (Lipinski definition) is 5. The smallest absolute Gasteiger partial charge is 0.264 e. The zero-order valence-electron chi connectivity index (χ0n) is 24.5. The number of carbonyl (C=O) groups is 1. The highest BCUT2D eigenvalue weighted by molar-refractivity contribution is 7.92. The third-order valence-electron chi connectivity index (χ3n) is 7.91. The topological polar surface area (TPSA) is 79.0 Å². The molecule has 3 aromatic rings. The second-order valence-corrected chi connectivity index (χ2v) is 14.1. The Morgan fingerprint density at radius 1 is 0.951 bits per heavy atom.